The molecule has 0 aliphatic carbocycles. The van der Waals surface area contributed by atoms with Crippen molar-refractivity contribution in [3.63, 3.8) is 0 Å². The fourth-order valence-corrected chi connectivity index (χ4v) is 3.21. The summed E-state index contributed by atoms with van der Waals surface area (Å²) in [6.45, 7) is 7.15. The minimum Gasteiger partial charge on any atom is -0.480 e. The molecule has 1 aromatic carbocycles. The average molecular weight is 495 g/mol. The first-order chi connectivity index (χ1) is 17.2. The Bertz CT molecular complexity index is 1480. The Kier molecular flexibility index (Phi) is 6.51. The smallest absolute Gasteiger partial charge is 0.435 e. The number of benzene rings is 1. The van der Waals surface area contributed by atoms with Gasteiger partial charge in [-0.05, 0) is 24.3 Å². The van der Waals surface area contributed by atoms with Crippen LogP contribution in [0.25, 0.3) is 21.8 Å². The maximum absolute atomic E-state index is 13.2. The summed E-state index contributed by atoms with van der Waals surface area (Å²) in [5, 5.41) is 6.54. The zero-order valence-electron chi connectivity index (χ0n) is 18.7. The first kappa shape index (κ1) is 24.1. The highest BCUT2D eigenvalue weighted by Gasteiger charge is 2.34. The summed E-state index contributed by atoms with van der Waals surface area (Å²) >= 11 is 0. The molecule has 3 heterocycles. The predicted octanol–water partition coefficient (Wildman–Crippen LogP) is 4.83. The number of halogens is 3. The van der Waals surface area contributed by atoms with Crippen molar-refractivity contribution in [2.24, 2.45) is 0 Å². The minimum absolute atomic E-state index is 0.00180. The average Bonchev–Trinajstić information content (AvgIpc) is 3.39. The third-order valence-corrected chi connectivity index (χ3v) is 4.86. The highest BCUT2D eigenvalue weighted by molar-refractivity contribution is 5.93. The number of nitrogens with zero attached hydrogens (tertiary/aromatic N) is 6. The highest BCUT2D eigenvalue weighted by atomic mass is 19.4. The Morgan fingerprint density at radius 3 is 2.61 bits per heavy atom. The van der Waals surface area contributed by atoms with Crippen LogP contribution in [0.2, 0.25) is 0 Å². The fraction of sp³-hybridized carbons (Fsp3) is 0.130. The number of alkyl halides is 3. The number of anilines is 2. The molecular weight excluding hydrogens is 479 g/mol. The Morgan fingerprint density at radius 1 is 1.14 bits per heavy atom. The van der Waals surface area contributed by atoms with Crippen molar-refractivity contribution < 1.29 is 27.4 Å². The van der Waals surface area contributed by atoms with Crippen molar-refractivity contribution in [2.45, 2.75) is 6.18 Å². The Labute approximate surface area is 202 Å². The summed E-state index contributed by atoms with van der Waals surface area (Å²) < 4.78 is 50.5. The van der Waals surface area contributed by atoms with Gasteiger partial charge in [-0.1, -0.05) is 12.1 Å². The molecule has 0 spiro atoms. The van der Waals surface area contributed by atoms with Gasteiger partial charge in [-0.2, -0.15) is 23.3 Å². The van der Waals surface area contributed by atoms with Gasteiger partial charge in [0.15, 0.2) is 17.2 Å². The number of nitrogens with one attached hydrogen (secondary N) is 1. The van der Waals surface area contributed by atoms with E-state index in [0.717, 1.165) is 16.9 Å². The van der Waals surface area contributed by atoms with Crippen molar-refractivity contribution in [1.29, 1.82) is 0 Å². The van der Waals surface area contributed by atoms with Crippen LogP contribution in [0.1, 0.15) is 16.1 Å². The van der Waals surface area contributed by atoms with Gasteiger partial charge in [-0.25, -0.2) is 24.3 Å². The first-order valence-corrected chi connectivity index (χ1v) is 10.1. The SMILES string of the molecule is [C-]#[N+]c1cccc(Nc2ncc(-c3cnc(OC)c(C(=O)OC)c3)c(-n3ccc(C(F)(F)F)n3)n2)c1. The second kappa shape index (κ2) is 9.71. The maximum Gasteiger partial charge on any atom is 0.435 e. The topological polar surface area (TPSA) is 108 Å². The molecule has 0 saturated heterocycles. The van der Waals surface area contributed by atoms with E-state index in [9.17, 15) is 18.0 Å². The molecule has 10 nitrogen and oxygen atoms in total. The quantitative estimate of drug-likeness (QED) is 0.299. The lowest BCUT2D eigenvalue weighted by Crippen LogP contribution is -2.10. The van der Waals surface area contributed by atoms with Crippen LogP contribution < -0.4 is 10.1 Å². The summed E-state index contributed by atoms with van der Waals surface area (Å²) in [5.74, 6) is -0.702. The van der Waals surface area contributed by atoms with E-state index < -0.39 is 17.8 Å². The van der Waals surface area contributed by atoms with E-state index in [0.29, 0.717) is 16.9 Å². The van der Waals surface area contributed by atoms with Crippen molar-refractivity contribution in [2.75, 3.05) is 19.5 Å². The lowest BCUT2D eigenvalue weighted by Gasteiger charge is -2.13. The molecule has 0 aliphatic rings. The number of hydrogen-bond acceptors (Lipinski definition) is 8. The van der Waals surface area contributed by atoms with Crippen molar-refractivity contribution in [3.8, 4) is 22.8 Å². The van der Waals surface area contributed by atoms with E-state index in [1.165, 1.54) is 32.7 Å². The molecule has 3 aromatic heterocycles. The number of pyridine rings is 1. The van der Waals surface area contributed by atoms with Crippen LogP contribution in [0.15, 0.2) is 55.0 Å². The molecule has 0 bridgehead atoms. The number of esters is 1. The molecule has 4 aromatic rings. The molecule has 13 heteroatoms. The van der Waals surface area contributed by atoms with Crippen molar-refractivity contribution in [1.82, 2.24) is 24.7 Å². The number of rotatable bonds is 6. The summed E-state index contributed by atoms with van der Waals surface area (Å²) in [5.41, 5.74) is 0.285. The number of ether oxygens (including phenoxy) is 2. The lowest BCUT2D eigenvalue weighted by molar-refractivity contribution is -0.141. The van der Waals surface area contributed by atoms with Gasteiger partial charge in [0, 0.05) is 35.4 Å². The van der Waals surface area contributed by atoms with Gasteiger partial charge in [-0.15, -0.1) is 0 Å². The van der Waals surface area contributed by atoms with Gasteiger partial charge < -0.3 is 14.8 Å². The summed E-state index contributed by atoms with van der Waals surface area (Å²) in [6, 6.07) is 8.73. The van der Waals surface area contributed by atoms with Gasteiger partial charge in [0.05, 0.1) is 20.8 Å². The highest BCUT2D eigenvalue weighted by Crippen LogP contribution is 2.32. The van der Waals surface area contributed by atoms with Crippen LogP contribution in [0.3, 0.4) is 0 Å². The van der Waals surface area contributed by atoms with Crippen LogP contribution in [0.5, 0.6) is 5.88 Å². The molecule has 0 radical (unpaired) electrons. The molecule has 1 N–H and O–H groups in total. The monoisotopic (exact) mass is 495 g/mol. The molecule has 0 unspecified atom stereocenters. The lowest BCUT2D eigenvalue weighted by atomic mass is 10.1. The van der Waals surface area contributed by atoms with Gasteiger partial charge >= 0.3 is 12.1 Å². The molecule has 0 atom stereocenters. The number of carbonyl (C=O) groups is 1. The summed E-state index contributed by atoms with van der Waals surface area (Å²) in [4.78, 5) is 28.3. The fourth-order valence-electron chi connectivity index (χ4n) is 3.21. The number of hydrogen-bond donors (Lipinski definition) is 1. The summed E-state index contributed by atoms with van der Waals surface area (Å²) in [7, 11) is 2.52. The van der Waals surface area contributed by atoms with Crippen LogP contribution in [0, 0.1) is 6.57 Å². The largest absolute Gasteiger partial charge is 0.480 e. The second-order valence-electron chi connectivity index (χ2n) is 7.13. The van der Waals surface area contributed by atoms with Gasteiger partial charge in [0.1, 0.15) is 5.56 Å². The molecule has 182 valence electrons. The molecule has 0 aliphatic heterocycles. The van der Waals surface area contributed by atoms with Crippen LogP contribution in [-0.2, 0) is 10.9 Å². The Morgan fingerprint density at radius 2 is 1.94 bits per heavy atom. The third-order valence-electron chi connectivity index (χ3n) is 4.86. The Hall–Kier alpha value is -4.99. The predicted molar refractivity (Wildman–Crippen MR) is 121 cm³/mol. The maximum atomic E-state index is 13.2. The minimum atomic E-state index is -4.67. The van der Waals surface area contributed by atoms with Crippen LogP contribution >= 0.6 is 0 Å². The molecular formula is C23H16F3N7O3. The molecule has 0 amide bonds. The Balaban J connectivity index is 1.85. The second-order valence-corrected chi connectivity index (χ2v) is 7.13. The number of carbonyl (C=O) groups excluding carboxylic acids is 1. The normalized spacial score (nSPS) is 11.0. The molecule has 0 fully saturated rings. The van der Waals surface area contributed by atoms with Crippen LogP contribution in [0.4, 0.5) is 30.5 Å². The van der Waals surface area contributed by atoms with E-state index in [1.807, 2.05) is 0 Å². The van der Waals surface area contributed by atoms with E-state index in [-0.39, 0.29) is 28.8 Å². The van der Waals surface area contributed by atoms with E-state index in [1.54, 1.807) is 24.3 Å². The van der Waals surface area contributed by atoms with Gasteiger partial charge in [0.25, 0.3) is 0 Å². The standard InChI is InChI=1S/C23H16F3N7O3/c1-27-14-5-4-6-15(10-14)30-22-29-12-17(13-9-16(21(34)36-3)20(35-2)28-11-13)19(31-22)33-8-7-18(32-33)23(24,25)26/h4-12H,2-3H3,(H,29,30,31). The van der Waals surface area contributed by atoms with Gasteiger partial charge in [-0.3, -0.25) is 0 Å². The first-order valence-electron chi connectivity index (χ1n) is 10.1. The number of aromatic nitrogens is 5. The van der Waals surface area contributed by atoms with Crippen molar-refractivity contribution >= 4 is 23.3 Å². The zero-order chi connectivity index (χ0) is 25.9. The van der Waals surface area contributed by atoms with Crippen LogP contribution in [-0.4, -0.2) is 44.9 Å². The van der Waals surface area contributed by atoms with E-state index in [4.69, 9.17) is 16.0 Å². The number of methoxy groups -OCH3 is 2. The third kappa shape index (κ3) is 4.92. The summed E-state index contributed by atoms with van der Waals surface area (Å²) in [6.07, 6.45) is -0.855. The van der Waals surface area contributed by atoms with Gasteiger partial charge in [0.2, 0.25) is 11.8 Å². The zero-order valence-corrected chi connectivity index (χ0v) is 18.7. The van der Waals surface area contributed by atoms with Crippen molar-refractivity contribution in [3.05, 3.63) is 77.7 Å². The van der Waals surface area contributed by atoms with E-state index >= 15 is 0 Å². The van der Waals surface area contributed by atoms with E-state index in [2.05, 4.69) is 30.2 Å². The molecule has 36 heavy (non-hydrogen) atoms. The molecule has 0 saturated carbocycles. The molecule has 4 rings (SSSR count).